The number of methoxy groups -OCH3 is 3. The van der Waals surface area contributed by atoms with E-state index in [9.17, 15) is 10.1 Å². The van der Waals surface area contributed by atoms with Crippen LogP contribution in [0.3, 0.4) is 0 Å². The molecule has 7 nitrogen and oxygen atoms in total. The Labute approximate surface area is 168 Å². The maximum atomic E-state index is 12.2. The number of halogens is 1. The summed E-state index contributed by atoms with van der Waals surface area (Å²) in [6.07, 6.45) is 0. The van der Waals surface area contributed by atoms with Gasteiger partial charge in [-0.25, -0.2) is 0 Å². The maximum absolute atomic E-state index is 12.2. The van der Waals surface area contributed by atoms with Gasteiger partial charge in [-0.15, -0.1) is 0 Å². The molecular weight excluding hydrogens is 384 g/mol. The number of nitrogens with zero attached hydrogens (tertiary/aromatic N) is 1. The molecule has 1 atom stereocenters. The first-order valence-corrected chi connectivity index (χ1v) is 8.71. The average Bonchev–Trinajstić information content (AvgIpc) is 2.72. The van der Waals surface area contributed by atoms with Crippen molar-refractivity contribution in [1.29, 1.82) is 5.26 Å². The van der Waals surface area contributed by atoms with Crippen LogP contribution in [0.15, 0.2) is 36.4 Å². The molecule has 0 spiro atoms. The number of hydrogen-bond donors (Lipinski definition) is 1. The van der Waals surface area contributed by atoms with Crippen LogP contribution in [0.5, 0.6) is 17.2 Å². The summed E-state index contributed by atoms with van der Waals surface area (Å²) >= 11 is 6.05. The normalized spacial score (nSPS) is 11.2. The second kappa shape index (κ2) is 10.4. The third-order valence-electron chi connectivity index (χ3n) is 3.90. The molecule has 0 radical (unpaired) electrons. The molecule has 0 aromatic heterocycles. The van der Waals surface area contributed by atoms with Crippen LogP contribution in [0.25, 0.3) is 0 Å². The summed E-state index contributed by atoms with van der Waals surface area (Å²) < 4.78 is 21.2. The van der Waals surface area contributed by atoms with Gasteiger partial charge in [-0.3, -0.25) is 4.79 Å². The van der Waals surface area contributed by atoms with Gasteiger partial charge in [0.15, 0.2) is 11.5 Å². The van der Waals surface area contributed by atoms with Gasteiger partial charge in [0.25, 0.3) is 0 Å². The molecule has 0 bridgehead atoms. The summed E-state index contributed by atoms with van der Waals surface area (Å²) in [5.41, 5.74) is 1.27. The van der Waals surface area contributed by atoms with E-state index in [1.165, 1.54) is 21.3 Å². The molecule has 8 heteroatoms. The lowest BCUT2D eigenvalue weighted by Crippen LogP contribution is -2.31. The van der Waals surface area contributed by atoms with Crippen molar-refractivity contribution >= 4 is 17.5 Å². The molecule has 0 saturated heterocycles. The smallest absolute Gasteiger partial charge is 0.247 e. The van der Waals surface area contributed by atoms with Crippen molar-refractivity contribution < 1.29 is 23.7 Å². The van der Waals surface area contributed by atoms with E-state index in [1.807, 2.05) is 24.3 Å². The molecule has 148 valence electrons. The SMILES string of the molecule is COc1cc(C(C#N)NC(=O)COCc2ccccc2Cl)cc(OC)c1OC. The first-order valence-electron chi connectivity index (χ1n) is 8.34. The van der Waals surface area contributed by atoms with Crippen molar-refractivity contribution in [3.8, 4) is 23.3 Å². The van der Waals surface area contributed by atoms with E-state index >= 15 is 0 Å². The Morgan fingerprint density at radius 2 is 1.79 bits per heavy atom. The van der Waals surface area contributed by atoms with Crippen LogP contribution in [0, 0.1) is 11.3 Å². The molecule has 2 aromatic rings. The van der Waals surface area contributed by atoms with E-state index in [0.717, 1.165) is 5.56 Å². The van der Waals surface area contributed by atoms with Crippen molar-refractivity contribution in [2.45, 2.75) is 12.6 Å². The molecule has 0 aliphatic rings. The molecule has 28 heavy (non-hydrogen) atoms. The standard InChI is InChI=1S/C20H21ClN2O5/c1-25-17-8-14(9-18(26-2)20(17)27-3)16(10-22)23-19(24)12-28-11-13-6-4-5-7-15(13)21/h4-9,16H,11-12H2,1-3H3,(H,23,24). The number of carbonyl (C=O) groups is 1. The van der Waals surface area contributed by atoms with Crippen molar-refractivity contribution in [2.24, 2.45) is 0 Å². The van der Waals surface area contributed by atoms with Crippen LogP contribution in [0.4, 0.5) is 0 Å². The van der Waals surface area contributed by atoms with Crippen LogP contribution in [0.1, 0.15) is 17.2 Å². The molecule has 1 N–H and O–H groups in total. The highest BCUT2D eigenvalue weighted by atomic mass is 35.5. The van der Waals surface area contributed by atoms with Gasteiger partial charge in [0.2, 0.25) is 11.7 Å². The third kappa shape index (κ3) is 5.28. The Hall–Kier alpha value is -2.95. The molecule has 2 aromatic carbocycles. The maximum Gasteiger partial charge on any atom is 0.247 e. The molecule has 0 saturated carbocycles. The fourth-order valence-corrected chi connectivity index (χ4v) is 2.72. The van der Waals surface area contributed by atoms with Gasteiger partial charge >= 0.3 is 0 Å². The fraction of sp³-hybridized carbons (Fsp3) is 0.300. The number of benzene rings is 2. The van der Waals surface area contributed by atoms with E-state index in [0.29, 0.717) is 27.8 Å². The Bertz CT molecular complexity index is 841. The highest BCUT2D eigenvalue weighted by molar-refractivity contribution is 6.31. The Morgan fingerprint density at radius 1 is 1.14 bits per heavy atom. The zero-order valence-corrected chi connectivity index (χ0v) is 16.6. The zero-order chi connectivity index (χ0) is 20.5. The van der Waals surface area contributed by atoms with Crippen molar-refractivity contribution in [1.82, 2.24) is 5.32 Å². The minimum Gasteiger partial charge on any atom is -0.493 e. The number of nitrogens with one attached hydrogen (secondary N) is 1. The van der Waals surface area contributed by atoms with E-state index in [2.05, 4.69) is 5.32 Å². The number of hydrogen-bond acceptors (Lipinski definition) is 6. The van der Waals surface area contributed by atoms with Crippen molar-refractivity contribution in [3.63, 3.8) is 0 Å². The summed E-state index contributed by atoms with van der Waals surface area (Å²) in [5.74, 6) is 0.745. The number of ether oxygens (including phenoxy) is 4. The van der Waals surface area contributed by atoms with Crippen LogP contribution < -0.4 is 19.5 Å². The summed E-state index contributed by atoms with van der Waals surface area (Å²) in [7, 11) is 4.44. The monoisotopic (exact) mass is 404 g/mol. The molecule has 0 fully saturated rings. The van der Waals surface area contributed by atoms with Gasteiger partial charge < -0.3 is 24.3 Å². The fourth-order valence-electron chi connectivity index (χ4n) is 2.53. The lowest BCUT2D eigenvalue weighted by Gasteiger charge is -2.17. The number of rotatable bonds is 9. The summed E-state index contributed by atoms with van der Waals surface area (Å²) in [5, 5.41) is 12.7. The highest BCUT2D eigenvalue weighted by Crippen LogP contribution is 2.39. The molecule has 0 heterocycles. The van der Waals surface area contributed by atoms with Gasteiger partial charge in [0.1, 0.15) is 12.6 Å². The minimum atomic E-state index is -0.912. The van der Waals surface area contributed by atoms with Crippen LogP contribution in [-0.2, 0) is 16.1 Å². The van der Waals surface area contributed by atoms with Gasteiger partial charge in [0, 0.05) is 5.02 Å². The van der Waals surface area contributed by atoms with Gasteiger partial charge in [-0.1, -0.05) is 29.8 Å². The van der Waals surface area contributed by atoms with Gasteiger partial charge in [0.05, 0.1) is 34.0 Å². The Morgan fingerprint density at radius 3 is 2.32 bits per heavy atom. The Kier molecular flexibility index (Phi) is 7.93. The summed E-state index contributed by atoms with van der Waals surface area (Å²) in [4.78, 5) is 12.2. The summed E-state index contributed by atoms with van der Waals surface area (Å²) in [6.45, 7) is -0.0255. The van der Waals surface area contributed by atoms with Gasteiger partial charge in [-0.05, 0) is 29.3 Å². The van der Waals surface area contributed by atoms with Crippen LogP contribution >= 0.6 is 11.6 Å². The van der Waals surface area contributed by atoms with E-state index in [1.54, 1.807) is 18.2 Å². The van der Waals surface area contributed by atoms with E-state index in [4.69, 9.17) is 30.5 Å². The molecule has 1 unspecified atom stereocenters. The topological polar surface area (TPSA) is 89.8 Å². The van der Waals surface area contributed by atoms with Crippen molar-refractivity contribution in [2.75, 3.05) is 27.9 Å². The first-order chi connectivity index (χ1) is 13.5. The molecular formula is C20H21ClN2O5. The van der Waals surface area contributed by atoms with Gasteiger partial charge in [-0.2, -0.15) is 5.26 Å². The number of carbonyl (C=O) groups excluding carboxylic acids is 1. The zero-order valence-electron chi connectivity index (χ0n) is 15.8. The highest BCUT2D eigenvalue weighted by Gasteiger charge is 2.20. The first kappa shape index (κ1) is 21.4. The third-order valence-corrected chi connectivity index (χ3v) is 4.27. The molecule has 1 amide bonds. The lowest BCUT2D eigenvalue weighted by atomic mass is 10.1. The average molecular weight is 405 g/mol. The van der Waals surface area contributed by atoms with Crippen LogP contribution in [-0.4, -0.2) is 33.8 Å². The number of amides is 1. The van der Waals surface area contributed by atoms with E-state index < -0.39 is 11.9 Å². The predicted octanol–water partition coefficient (Wildman–Crippen LogP) is 3.26. The molecule has 2 rings (SSSR count). The molecule has 0 aliphatic heterocycles. The summed E-state index contributed by atoms with van der Waals surface area (Å²) in [6, 6.07) is 11.6. The Balaban J connectivity index is 2.04. The van der Waals surface area contributed by atoms with Crippen LogP contribution in [0.2, 0.25) is 5.02 Å². The molecule has 0 aliphatic carbocycles. The van der Waals surface area contributed by atoms with E-state index in [-0.39, 0.29) is 13.2 Å². The largest absolute Gasteiger partial charge is 0.493 e. The van der Waals surface area contributed by atoms with Crippen molar-refractivity contribution in [3.05, 3.63) is 52.5 Å². The number of nitriles is 1. The second-order valence-corrected chi connectivity index (χ2v) is 6.08. The minimum absolute atomic E-state index is 0.189. The lowest BCUT2D eigenvalue weighted by molar-refractivity contribution is -0.126. The predicted molar refractivity (Wildman–Crippen MR) is 104 cm³/mol. The second-order valence-electron chi connectivity index (χ2n) is 5.67. The quantitative estimate of drug-likeness (QED) is 0.689.